The first-order valence-electron chi connectivity index (χ1n) is 5.14. The summed E-state index contributed by atoms with van der Waals surface area (Å²) >= 11 is 5.96. The van der Waals surface area contributed by atoms with Crippen LogP contribution in [0.1, 0.15) is 5.56 Å². The Labute approximate surface area is 105 Å². The number of hydrogen-bond acceptors (Lipinski definition) is 4. The Morgan fingerprint density at radius 1 is 1.24 bits per heavy atom. The first kappa shape index (κ1) is 11.7. The van der Waals surface area contributed by atoms with Gasteiger partial charge in [-0.3, -0.25) is 0 Å². The molecule has 17 heavy (non-hydrogen) atoms. The molecule has 0 aliphatic rings. The number of benzene rings is 1. The van der Waals surface area contributed by atoms with E-state index in [0.29, 0.717) is 22.6 Å². The molecule has 88 valence electrons. The summed E-state index contributed by atoms with van der Waals surface area (Å²) in [5.41, 5.74) is 1.17. The van der Waals surface area contributed by atoms with Gasteiger partial charge < -0.3 is 10.1 Å². The van der Waals surface area contributed by atoms with Crippen LogP contribution in [0.4, 0.5) is 5.95 Å². The van der Waals surface area contributed by atoms with Gasteiger partial charge in [0.15, 0.2) is 0 Å². The van der Waals surface area contributed by atoms with Gasteiger partial charge in [-0.05, 0) is 19.1 Å². The number of anilines is 1. The fraction of sp³-hybridized carbons (Fsp3) is 0.167. The molecule has 1 heterocycles. The highest BCUT2D eigenvalue weighted by Crippen LogP contribution is 2.27. The highest BCUT2D eigenvalue weighted by molar-refractivity contribution is 6.31. The summed E-state index contributed by atoms with van der Waals surface area (Å²) in [7, 11) is 1.74. The molecule has 4 nitrogen and oxygen atoms in total. The van der Waals surface area contributed by atoms with Gasteiger partial charge in [-0.25, -0.2) is 4.98 Å². The molecule has 0 aliphatic heterocycles. The van der Waals surface area contributed by atoms with E-state index in [2.05, 4.69) is 15.3 Å². The van der Waals surface area contributed by atoms with Crippen molar-refractivity contribution < 1.29 is 4.74 Å². The summed E-state index contributed by atoms with van der Waals surface area (Å²) in [6.07, 6.45) is 1.50. The van der Waals surface area contributed by atoms with E-state index in [0.717, 1.165) is 0 Å². The van der Waals surface area contributed by atoms with Crippen molar-refractivity contribution in [1.29, 1.82) is 0 Å². The second kappa shape index (κ2) is 5.01. The highest BCUT2D eigenvalue weighted by Gasteiger charge is 2.07. The largest absolute Gasteiger partial charge is 0.437 e. The van der Waals surface area contributed by atoms with Crippen molar-refractivity contribution in [3.63, 3.8) is 0 Å². The van der Waals surface area contributed by atoms with Crippen molar-refractivity contribution in [2.24, 2.45) is 0 Å². The summed E-state index contributed by atoms with van der Waals surface area (Å²) in [4.78, 5) is 8.11. The van der Waals surface area contributed by atoms with Crippen molar-refractivity contribution in [2.45, 2.75) is 6.92 Å². The number of aromatic nitrogens is 2. The number of aryl methyl sites for hydroxylation is 1. The molecule has 0 spiro atoms. The van der Waals surface area contributed by atoms with Crippen molar-refractivity contribution in [1.82, 2.24) is 9.97 Å². The molecule has 5 heteroatoms. The number of nitrogens with zero attached hydrogens (tertiary/aromatic N) is 2. The summed E-state index contributed by atoms with van der Waals surface area (Å²) in [5.74, 6) is 1.50. The van der Waals surface area contributed by atoms with E-state index < -0.39 is 0 Å². The third-order valence-electron chi connectivity index (χ3n) is 2.17. The van der Waals surface area contributed by atoms with E-state index in [1.54, 1.807) is 7.05 Å². The minimum absolute atomic E-state index is 0.342. The van der Waals surface area contributed by atoms with Crippen LogP contribution in [0.2, 0.25) is 5.02 Å². The van der Waals surface area contributed by atoms with Gasteiger partial charge in [0.2, 0.25) is 11.8 Å². The molecule has 1 aromatic heterocycles. The lowest BCUT2D eigenvalue weighted by Crippen LogP contribution is -1.98. The molecule has 0 bridgehead atoms. The molecule has 1 aromatic carbocycles. The molecule has 0 atom stereocenters. The van der Waals surface area contributed by atoms with Crippen LogP contribution in [0.25, 0.3) is 0 Å². The van der Waals surface area contributed by atoms with Crippen LogP contribution in [0, 0.1) is 6.92 Å². The lowest BCUT2D eigenvalue weighted by Gasteiger charge is -2.07. The number of hydrogen-bond donors (Lipinski definition) is 1. The summed E-state index contributed by atoms with van der Waals surface area (Å²) in [6, 6.07) is 7.66. The Hall–Kier alpha value is -1.81. The Kier molecular flexibility index (Phi) is 3.44. The molecule has 0 saturated heterocycles. The van der Waals surface area contributed by atoms with Gasteiger partial charge in [0, 0.05) is 7.05 Å². The average Bonchev–Trinajstić information content (AvgIpc) is 2.35. The Morgan fingerprint density at radius 3 is 2.59 bits per heavy atom. The maximum absolute atomic E-state index is 5.96. The third-order valence-corrected chi connectivity index (χ3v) is 2.43. The molecule has 0 fully saturated rings. The highest BCUT2D eigenvalue weighted by atomic mass is 35.5. The van der Waals surface area contributed by atoms with Crippen LogP contribution in [0.15, 0.2) is 30.5 Å². The van der Waals surface area contributed by atoms with E-state index in [4.69, 9.17) is 16.3 Å². The third kappa shape index (κ3) is 2.85. The van der Waals surface area contributed by atoms with E-state index in [1.165, 1.54) is 11.8 Å². The summed E-state index contributed by atoms with van der Waals surface area (Å²) < 4.78 is 5.58. The number of nitrogens with one attached hydrogen (secondary N) is 1. The normalized spacial score (nSPS) is 10.1. The predicted octanol–water partition coefficient (Wildman–Crippen LogP) is 3.27. The maximum Gasteiger partial charge on any atom is 0.243 e. The van der Waals surface area contributed by atoms with Gasteiger partial charge in [0.05, 0.1) is 6.20 Å². The molecule has 1 N–H and O–H groups in total. The number of rotatable bonds is 3. The zero-order chi connectivity index (χ0) is 12.3. The first-order valence-corrected chi connectivity index (χ1v) is 5.51. The molecule has 0 saturated carbocycles. The lowest BCUT2D eigenvalue weighted by atomic mass is 10.2. The van der Waals surface area contributed by atoms with Crippen LogP contribution >= 0.6 is 11.6 Å². The topological polar surface area (TPSA) is 47.0 Å². The Balaban J connectivity index is 2.25. The average molecular weight is 250 g/mol. The van der Waals surface area contributed by atoms with Crippen LogP contribution in [-0.2, 0) is 0 Å². The molecule has 0 unspecified atom stereocenters. The van der Waals surface area contributed by atoms with Crippen molar-refractivity contribution in [2.75, 3.05) is 12.4 Å². The van der Waals surface area contributed by atoms with Crippen LogP contribution in [0.3, 0.4) is 0 Å². The maximum atomic E-state index is 5.96. The van der Waals surface area contributed by atoms with Gasteiger partial charge in [-0.15, -0.1) is 0 Å². The SMILES string of the molecule is CNc1ncc(Cl)c(Oc2ccc(C)cc2)n1. The van der Waals surface area contributed by atoms with Gasteiger partial charge >= 0.3 is 0 Å². The van der Waals surface area contributed by atoms with Crippen LogP contribution in [-0.4, -0.2) is 17.0 Å². The van der Waals surface area contributed by atoms with Gasteiger partial charge in [0.1, 0.15) is 10.8 Å². The van der Waals surface area contributed by atoms with Crippen molar-refractivity contribution >= 4 is 17.5 Å². The van der Waals surface area contributed by atoms with Gasteiger partial charge in [-0.2, -0.15) is 4.98 Å². The summed E-state index contributed by atoms with van der Waals surface area (Å²) in [5, 5.41) is 3.21. The molecule has 2 aromatic rings. The zero-order valence-corrected chi connectivity index (χ0v) is 10.3. The van der Waals surface area contributed by atoms with E-state index in [9.17, 15) is 0 Å². The molecule has 2 rings (SSSR count). The second-order valence-corrected chi connectivity index (χ2v) is 3.92. The molecule has 0 aliphatic carbocycles. The van der Waals surface area contributed by atoms with Crippen LogP contribution in [0.5, 0.6) is 11.6 Å². The van der Waals surface area contributed by atoms with Gasteiger partial charge in [0.25, 0.3) is 0 Å². The van der Waals surface area contributed by atoms with E-state index >= 15 is 0 Å². The zero-order valence-electron chi connectivity index (χ0n) is 9.57. The molecular weight excluding hydrogens is 238 g/mol. The molecular formula is C12H12ClN3O. The van der Waals surface area contributed by atoms with Crippen molar-refractivity contribution in [3.05, 3.63) is 41.0 Å². The minimum Gasteiger partial charge on any atom is -0.437 e. The molecule has 0 amide bonds. The first-order chi connectivity index (χ1) is 8.19. The predicted molar refractivity (Wildman–Crippen MR) is 67.8 cm³/mol. The number of ether oxygens (including phenoxy) is 1. The smallest absolute Gasteiger partial charge is 0.243 e. The fourth-order valence-corrected chi connectivity index (χ4v) is 1.39. The Bertz CT molecular complexity index is 514. The monoisotopic (exact) mass is 249 g/mol. The standard InChI is InChI=1S/C12H12ClN3O/c1-8-3-5-9(6-4-8)17-11-10(13)7-15-12(14-2)16-11/h3-7H,1-2H3,(H,14,15,16). The van der Waals surface area contributed by atoms with E-state index in [-0.39, 0.29) is 0 Å². The van der Waals surface area contributed by atoms with Crippen molar-refractivity contribution in [3.8, 4) is 11.6 Å². The quantitative estimate of drug-likeness (QED) is 0.907. The van der Waals surface area contributed by atoms with Gasteiger partial charge in [-0.1, -0.05) is 29.3 Å². The van der Waals surface area contributed by atoms with E-state index in [1.807, 2.05) is 31.2 Å². The minimum atomic E-state index is 0.342. The molecule has 0 radical (unpaired) electrons. The second-order valence-electron chi connectivity index (χ2n) is 3.51. The Morgan fingerprint density at radius 2 is 1.94 bits per heavy atom. The summed E-state index contributed by atoms with van der Waals surface area (Å²) in [6.45, 7) is 2.01. The lowest BCUT2D eigenvalue weighted by molar-refractivity contribution is 0.462. The fourth-order valence-electron chi connectivity index (χ4n) is 1.26. The van der Waals surface area contributed by atoms with Crippen LogP contribution < -0.4 is 10.1 Å². The number of halogens is 1.